The number of rotatable bonds is 2. The molecule has 1 aliphatic heterocycles. The molecule has 1 aromatic rings. The molecule has 1 aromatic carbocycles. The smallest absolute Gasteiger partial charge is 0.407 e. The molecule has 0 radical (unpaired) electrons. The molecule has 1 atom stereocenters. The average Bonchev–Trinajstić information content (AvgIpc) is 2.30. The Hall–Kier alpha value is -1.78. The molecule has 0 aliphatic carbocycles. The predicted molar refractivity (Wildman–Crippen MR) is 54.8 cm³/mol. The fraction of sp³-hybridized carbons (Fsp3) is 0.364. The predicted octanol–water partition coefficient (Wildman–Crippen LogP) is 2.01. The highest BCUT2D eigenvalue weighted by atomic mass is 19.1. The monoisotopic (exact) mass is 225 g/mol. The van der Waals surface area contributed by atoms with E-state index in [0.717, 1.165) is 0 Å². The number of carbonyl (C=O) groups is 1. The summed E-state index contributed by atoms with van der Waals surface area (Å²) in [6.07, 6.45) is 0.0361. The maximum atomic E-state index is 13.6. The molecular weight excluding hydrogens is 213 g/mol. The largest absolute Gasteiger partial charge is 0.497 e. The van der Waals surface area contributed by atoms with E-state index in [9.17, 15) is 9.18 Å². The Morgan fingerprint density at radius 2 is 2.38 bits per heavy atom. The number of amides is 1. The minimum atomic E-state index is -0.515. The zero-order chi connectivity index (χ0) is 11.5. The van der Waals surface area contributed by atoms with Crippen molar-refractivity contribution in [2.45, 2.75) is 12.5 Å². The Balaban J connectivity index is 2.27. The van der Waals surface area contributed by atoms with Crippen molar-refractivity contribution >= 4 is 6.09 Å². The van der Waals surface area contributed by atoms with Gasteiger partial charge in [-0.1, -0.05) is 0 Å². The molecule has 4 nitrogen and oxygen atoms in total. The zero-order valence-electron chi connectivity index (χ0n) is 8.83. The van der Waals surface area contributed by atoms with Gasteiger partial charge >= 0.3 is 6.09 Å². The van der Waals surface area contributed by atoms with Crippen molar-refractivity contribution in [1.82, 2.24) is 5.32 Å². The summed E-state index contributed by atoms with van der Waals surface area (Å²) < 4.78 is 23.3. The molecule has 1 aliphatic rings. The van der Waals surface area contributed by atoms with E-state index in [0.29, 0.717) is 24.3 Å². The van der Waals surface area contributed by atoms with E-state index >= 15 is 0 Å². The summed E-state index contributed by atoms with van der Waals surface area (Å²) >= 11 is 0. The number of nitrogens with one attached hydrogen (secondary N) is 1. The average molecular weight is 225 g/mol. The van der Waals surface area contributed by atoms with Crippen molar-refractivity contribution < 1.29 is 18.7 Å². The molecule has 0 bridgehead atoms. The van der Waals surface area contributed by atoms with Crippen LogP contribution in [0.5, 0.6) is 5.75 Å². The summed E-state index contributed by atoms with van der Waals surface area (Å²) in [5.74, 6) is 0.213. The summed E-state index contributed by atoms with van der Waals surface area (Å²) in [6, 6.07) is 4.11. The van der Waals surface area contributed by atoms with Gasteiger partial charge in [0.15, 0.2) is 0 Å². The van der Waals surface area contributed by atoms with Crippen molar-refractivity contribution in [3.63, 3.8) is 0 Å². The van der Waals surface area contributed by atoms with Gasteiger partial charge in [0.2, 0.25) is 0 Å². The maximum absolute atomic E-state index is 13.6. The van der Waals surface area contributed by atoms with E-state index in [1.165, 1.54) is 13.2 Å². The van der Waals surface area contributed by atoms with Crippen LogP contribution in [0.1, 0.15) is 18.0 Å². The SMILES string of the molecule is COc1ccc(F)c([C@H]2CCOC(=O)N2)c1. The van der Waals surface area contributed by atoms with Crippen LogP contribution in [0.2, 0.25) is 0 Å². The molecule has 0 aromatic heterocycles. The highest BCUT2D eigenvalue weighted by Gasteiger charge is 2.23. The first-order valence-electron chi connectivity index (χ1n) is 4.97. The molecule has 1 saturated heterocycles. The third kappa shape index (κ3) is 2.08. The van der Waals surface area contributed by atoms with E-state index < -0.39 is 6.09 Å². The van der Waals surface area contributed by atoms with Crippen molar-refractivity contribution in [3.8, 4) is 5.75 Å². The minimum absolute atomic E-state index is 0.299. The number of hydrogen-bond donors (Lipinski definition) is 1. The zero-order valence-corrected chi connectivity index (χ0v) is 8.83. The molecule has 16 heavy (non-hydrogen) atoms. The number of alkyl carbamates (subject to hydrolysis) is 1. The van der Waals surface area contributed by atoms with E-state index in [-0.39, 0.29) is 11.9 Å². The fourth-order valence-corrected chi connectivity index (χ4v) is 1.67. The Labute approximate surface area is 92.4 Å². The Kier molecular flexibility index (Phi) is 2.94. The van der Waals surface area contributed by atoms with Gasteiger partial charge in [0, 0.05) is 12.0 Å². The highest BCUT2D eigenvalue weighted by Crippen LogP contribution is 2.26. The van der Waals surface area contributed by atoms with Crippen LogP contribution in [0.25, 0.3) is 0 Å². The molecule has 0 spiro atoms. The van der Waals surface area contributed by atoms with Gasteiger partial charge in [0.1, 0.15) is 11.6 Å². The lowest BCUT2D eigenvalue weighted by Gasteiger charge is -2.24. The highest BCUT2D eigenvalue weighted by molar-refractivity contribution is 5.68. The second-order valence-electron chi connectivity index (χ2n) is 3.51. The molecule has 1 N–H and O–H groups in total. The van der Waals surface area contributed by atoms with Gasteiger partial charge in [-0.3, -0.25) is 0 Å². The number of cyclic esters (lactones) is 1. The third-order valence-electron chi connectivity index (χ3n) is 2.51. The molecule has 1 heterocycles. The van der Waals surface area contributed by atoms with Crippen molar-refractivity contribution in [1.29, 1.82) is 0 Å². The lowest BCUT2D eigenvalue weighted by molar-refractivity contribution is 0.115. The summed E-state index contributed by atoms with van der Waals surface area (Å²) in [5.41, 5.74) is 0.427. The van der Waals surface area contributed by atoms with Crippen molar-refractivity contribution in [2.24, 2.45) is 0 Å². The second kappa shape index (κ2) is 4.38. The standard InChI is InChI=1S/C11H12FNO3/c1-15-7-2-3-9(12)8(6-7)10-4-5-16-11(14)13-10/h2-3,6,10H,4-5H2,1H3,(H,13,14)/t10-/m1/s1. The van der Waals surface area contributed by atoms with Gasteiger partial charge in [-0.25, -0.2) is 9.18 Å². The first kappa shape index (κ1) is 10.7. The van der Waals surface area contributed by atoms with Crippen LogP contribution in [0.15, 0.2) is 18.2 Å². The quantitative estimate of drug-likeness (QED) is 0.837. The first-order valence-corrected chi connectivity index (χ1v) is 4.97. The Bertz CT molecular complexity index is 408. The van der Waals surface area contributed by atoms with Crippen LogP contribution in [-0.2, 0) is 4.74 Å². The van der Waals surface area contributed by atoms with E-state index in [4.69, 9.17) is 9.47 Å². The number of carbonyl (C=O) groups excluding carboxylic acids is 1. The van der Waals surface area contributed by atoms with Crippen LogP contribution < -0.4 is 10.1 Å². The molecule has 2 rings (SSSR count). The van der Waals surface area contributed by atoms with E-state index in [1.54, 1.807) is 12.1 Å². The minimum Gasteiger partial charge on any atom is -0.497 e. The number of methoxy groups -OCH3 is 1. The van der Waals surface area contributed by atoms with Crippen molar-refractivity contribution in [3.05, 3.63) is 29.6 Å². The lowest BCUT2D eigenvalue weighted by Crippen LogP contribution is -2.35. The van der Waals surface area contributed by atoms with Crippen LogP contribution in [0.3, 0.4) is 0 Å². The summed E-state index contributed by atoms with van der Waals surface area (Å²) in [7, 11) is 1.51. The van der Waals surface area contributed by atoms with Gasteiger partial charge in [-0.2, -0.15) is 0 Å². The van der Waals surface area contributed by atoms with Crippen molar-refractivity contribution in [2.75, 3.05) is 13.7 Å². The lowest BCUT2D eigenvalue weighted by atomic mass is 10.0. The molecule has 1 fully saturated rings. The number of halogens is 1. The van der Waals surface area contributed by atoms with Crippen LogP contribution in [-0.4, -0.2) is 19.8 Å². The second-order valence-corrected chi connectivity index (χ2v) is 3.51. The number of hydrogen-bond acceptors (Lipinski definition) is 3. The normalized spacial score (nSPS) is 19.9. The summed E-state index contributed by atoms with van der Waals surface area (Å²) in [5, 5.41) is 2.57. The number of ether oxygens (including phenoxy) is 2. The maximum Gasteiger partial charge on any atom is 0.407 e. The molecular formula is C11H12FNO3. The Morgan fingerprint density at radius 1 is 1.56 bits per heavy atom. The fourth-order valence-electron chi connectivity index (χ4n) is 1.67. The number of benzene rings is 1. The third-order valence-corrected chi connectivity index (χ3v) is 2.51. The first-order chi connectivity index (χ1) is 7.70. The Morgan fingerprint density at radius 3 is 3.06 bits per heavy atom. The van der Waals surface area contributed by atoms with Crippen LogP contribution in [0, 0.1) is 5.82 Å². The van der Waals surface area contributed by atoms with Gasteiger partial charge < -0.3 is 14.8 Å². The van der Waals surface area contributed by atoms with Gasteiger partial charge in [0.05, 0.1) is 19.8 Å². The van der Waals surface area contributed by atoms with Crippen LogP contribution >= 0.6 is 0 Å². The summed E-state index contributed by atoms with van der Waals surface area (Å²) in [4.78, 5) is 11.0. The summed E-state index contributed by atoms with van der Waals surface area (Å²) in [6.45, 7) is 0.299. The van der Waals surface area contributed by atoms with Gasteiger partial charge in [-0.05, 0) is 18.2 Å². The molecule has 5 heteroatoms. The topological polar surface area (TPSA) is 47.6 Å². The van der Waals surface area contributed by atoms with E-state index in [2.05, 4.69) is 5.32 Å². The van der Waals surface area contributed by atoms with Gasteiger partial charge in [0.25, 0.3) is 0 Å². The van der Waals surface area contributed by atoms with Crippen LogP contribution in [0.4, 0.5) is 9.18 Å². The molecule has 0 unspecified atom stereocenters. The van der Waals surface area contributed by atoms with Gasteiger partial charge in [-0.15, -0.1) is 0 Å². The molecule has 0 saturated carbocycles. The molecule has 1 amide bonds. The molecule has 86 valence electrons. The van der Waals surface area contributed by atoms with E-state index in [1.807, 2.05) is 0 Å².